The summed E-state index contributed by atoms with van der Waals surface area (Å²) in [6.07, 6.45) is -5.94. The van der Waals surface area contributed by atoms with Crippen LogP contribution in [0.25, 0.3) is 10.8 Å². The van der Waals surface area contributed by atoms with Gasteiger partial charge in [-0.25, -0.2) is 0 Å². The van der Waals surface area contributed by atoms with Gasteiger partial charge in [0.25, 0.3) is 0 Å². The Morgan fingerprint density at radius 1 is 0.868 bits per heavy atom. The topological polar surface area (TPSA) is 168 Å². The molecule has 2 aliphatic rings. The van der Waals surface area contributed by atoms with Gasteiger partial charge in [-0.05, 0) is 47.4 Å². The molecule has 0 bridgehead atoms. The average Bonchev–Trinajstić information content (AvgIpc) is 3.53. The van der Waals surface area contributed by atoms with Crippen molar-refractivity contribution in [3.8, 4) is 11.5 Å². The monoisotopic (exact) mass is 734 g/mol. The summed E-state index contributed by atoms with van der Waals surface area (Å²) < 4.78 is 35.6. The number of fused-ring (bicyclic) bond motifs is 3. The Labute approximate surface area is 309 Å². The molecule has 3 aromatic carbocycles. The van der Waals surface area contributed by atoms with Gasteiger partial charge in [0.1, 0.15) is 18.1 Å². The van der Waals surface area contributed by atoms with Crippen molar-refractivity contribution in [1.82, 2.24) is 0 Å². The molecule has 0 unspecified atom stereocenters. The van der Waals surface area contributed by atoms with Crippen LogP contribution < -0.4 is 20.1 Å². The number of esters is 3. The Morgan fingerprint density at radius 3 is 2.15 bits per heavy atom. The fraction of sp³-hybridized carbons (Fsp3) is 0.500. The standard InChI is InChI=1S/C40H50N2O11/c1-20(2)21(3)22(4)39(47)42-31-14-13-27(19-48-33-16-32-35(28(18-43)17-41-32)30-12-10-9-11-29(30)33)15-34(31)53-40-38(52-26(8)46)37(51-25(7)45)36(23(5)49-40)50-24(6)44/h9-16,20-23,28,36-38,40-41,43H,17-19H2,1-8H3,(H,42,47)/t21-,22+,23+,28-,36+,37-,38+,40-/m0/s1. The van der Waals surface area contributed by atoms with E-state index in [4.69, 9.17) is 28.4 Å². The first kappa shape index (κ1) is 39.3. The lowest BCUT2D eigenvalue weighted by Gasteiger charge is -2.43. The van der Waals surface area contributed by atoms with Gasteiger partial charge < -0.3 is 44.2 Å². The van der Waals surface area contributed by atoms with E-state index in [1.54, 1.807) is 25.1 Å². The number of hydrogen-bond donors (Lipinski definition) is 3. The summed E-state index contributed by atoms with van der Waals surface area (Å²) in [5.74, 6) is -1.48. The van der Waals surface area contributed by atoms with E-state index in [1.807, 2.05) is 44.2 Å². The normalized spacial score (nSPS) is 23.3. The van der Waals surface area contributed by atoms with Gasteiger partial charge in [-0.2, -0.15) is 0 Å². The number of rotatable bonds is 13. The lowest BCUT2D eigenvalue weighted by molar-refractivity contribution is -0.280. The number of anilines is 2. The molecular formula is C40H50N2O11. The molecule has 0 aliphatic carbocycles. The van der Waals surface area contributed by atoms with E-state index >= 15 is 0 Å². The van der Waals surface area contributed by atoms with Crippen LogP contribution in [0.2, 0.25) is 0 Å². The second kappa shape index (κ2) is 16.9. The zero-order chi connectivity index (χ0) is 38.6. The van der Waals surface area contributed by atoms with Crippen LogP contribution in [0.4, 0.5) is 11.4 Å². The average molecular weight is 735 g/mol. The first-order chi connectivity index (χ1) is 25.2. The van der Waals surface area contributed by atoms with E-state index in [9.17, 15) is 24.3 Å². The van der Waals surface area contributed by atoms with Crippen molar-refractivity contribution >= 4 is 46.0 Å². The summed E-state index contributed by atoms with van der Waals surface area (Å²) in [6.45, 7) is 14.0. The van der Waals surface area contributed by atoms with Crippen LogP contribution in [-0.4, -0.2) is 72.8 Å². The third kappa shape index (κ3) is 9.02. The van der Waals surface area contributed by atoms with Crippen molar-refractivity contribution in [3.05, 3.63) is 59.7 Å². The van der Waals surface area contributed by atoms with Gasteiger partial charge in [0.15, 0.2) is 12.2 Å². The molecule has 13 heteroatoms. The fourth-order valence-electron chi connectivity index (χ4n) is 6.83. The minimum atomic E-state index is -1.35. The fourth-order valence-corrected chi connectivity index (χ4v) is 6.83. The molecule has 3 N–H and O–H groups in total. The number of carbonyl (C=O) groups is 4. The molecule has 1 fully saturated rings. The van der Waals surface area contributed by atoms with Gasteiger partial charge in [0, 0.05) is 56.3 Å². The van der Waals surface area contributed by atoms with Gasteiger partial charge in [-0.15, -0.1) is 0 Å². The summed E-state index contributed by atoms with van der Waals surface area (Å²) in [5, 5.41) is 18.2. The molecule has 8 atom stereocenters. The van der Waals surface area contributed by atoms with Crippen LogP contribution in [0.5, 0.6) is 11.5 Å². The van der Waals surface area contributed by atoms with Crippen LogP contribution in [0.15, 0.2) is 48.5 Å². The Bertz CT molecular complexity index is 1830. The lowest BCUT2D eigenvalue weighted by Crippen LogP contribution is -2.62. The molecule has 13 nitrogen and oxygen atoms in total. The molecule has 286 valence electrons. The Morgan fingerprint density at radius 2 is 1.51 bits per heavy atom. The largest absolute Gasteiger partial charge is 0.488 e. The summed E-state index contributed by atoms with van der Waals surface area (Å²) in [7, 11) is 0. The first-order valence-corrected chi connectivity index (χ1v) is 18.0. The van der Waals surface area contributed by atoms with Gasteiger partial charge in [-0.1, -0.05) is 58.0 Å². The Hall–Kier alpha value is -4.88. The van der Waals surface area contributed by atoms with Crippen molar-refractivity contribution in [3.63, 3.8) is 0 Å². The minimum absolute atomic E-state index is 0.0251. The van der Waals surface area contributed by atoms with Crippen molar-refractivity contribution in [2.24, 2.45) is 17.8 Å². The number of benzene rings is 3. The zero-order valence-corrected chi connectivity index (χ0v) is 31.5. The third-order valence-electron chi connectivity index (χ3n) is 10.0. The summed E-state index contributed by atoms with van der Waals surface area (Å²) >= 11 is 0. The third-order valence-corrected chi connectivity index (χ3v) is 10.0. The summed E-state index contributed by atoms with van der Waals surface area (Å²) in [6, 6.07) is 15.0. The molecule has 1 saturated heterocycles. The van der Waals surface area contributed by atoms with Crippen molar-refractivity contribution in [2.75, 3.05) is 23.8 Å². The highest BCUT2D eigenvalue weighted by Gasteiger charge is 2.51. The first-order valence-electron chi connectivity index (χ1n) is 18.0. The van der Waals surface area contributed by atoms with Crippen molar-refractivity contribution in [1.29, 1.82) is 0 Å². The second-order valence-electron chi connectivity index (χ2n) is 14.2. The van der Waals surface area contributed by atoms with E-state index in [0.717, 1.165) is 22.0 Å². The molecular weight excluding hydrogens is 684 g/mol. The molecule has 53 heavy (non-hydrogen) atoms. The zero-order valence-electron chi connectivity index (χ0n) is 31.5. The molecule has 0 saturated carbocycles. The number of aliphatic hydroxyl groups excluding tert-OH is 1. The van der Waals surface area contributed by atoms with Gasteiger partial charge in [0.2, 0.25) is 18.3 Å². The molecule has 0 spiro atoms. The number of amides is 1. The number of ether oxygens (including phenoxy) is 6. The quantitative estimate of drug-likeness (QED) is 0.145. The SMILES string of the molecule is CC(=O)O[C@@H]1[C@@H](OC(C)=O)[C@H](Oc2cc(COc3cc4c(c5ccccc35)[C@H](CO)CN4)ccc2NC(=O)[C@H](C)[C@@H](C)C(C)C)O[C@H](C)[C@H]1OC(C)=O. The Kier molecular flexibility index (Phi) is 12.5. The van der Waals surface area contributed by atoms with Crippen LogP contribution in [0.1, 0.15) is 72.4 Å². The van der Waals surface area contributed by atoms with Gasteiger partial charge in [0.05, 0.1) is 18.4 Å². The van der Waals surface area contributed by atoms with Crippen LogP contribution >= 0.6 is 0 Å². The smallest absolute Gasteiger partial charge is 0.303 e. The highest BCUT2D eigenvalue weighted by molar-refractivity contribution is 5.97. The van der Waals surface area contributed by atoms with E-state index in [0.29, 0.717) is 23.5 Å². The predicted molar refractivity (Wildman–Crippen MR) is 196 cm³/mol. The molecule has 2 heterocycles. The van der Waals surface area contributed by atoms with E-state index < -0.39 is 48.6 Å². The molecule has 5 rings (SSSR count). The number of aliphatic hydroxyl groups is 1. The van der Waals surface area contributed by atoms with E-state index in [-0.39, 0.29) is 48.5 Å². The van der Waals surface area contributed by atoms with Gasteiger partial charge in [-0.3, -0.25) is 19.2 Å². The van der Waals surface area contributed by atoms with Crippen molar-refractivity contribution < 1.29 is 52.7 Å². The predicted octanol–water partition coefficient (Wildman–Crippen LogP) is 5.71. The minimum Gasteiger partial charge on any atom is -0.488 e. The highest BCUT2D eigenvalue weighted by atomic mass is 16.7. The van der Waals surface area contributed by atoms with Crippen LogP contribution in [0, 0.1) is 17.8 Å². The summed E-state index contributed by atoms with van der Waals surface area (Å²) in [5.41, 5.74) is 2.96. The highest BCUT2D eigenvalue weighted by Crippen LogP contribution is 2.42. The maximum Gasteiger partial charge on any atom is 0.303 e. The maximum atomic E-state index is 13.5. The Balaban J connectivity index is 1.50. The molecule has 0 aromatic heterocycles. The lowest BCUT2D eigenvalue weighted by atomic mass is 9.85. The summed E-state index contributed by atoms with van der Waals surface area (Å²) in [4.78, 5) is 50.1. The second-order valence-corrected chi connectivity index (χ2v) is 14.2. The van der Waals surface area contributed by atoms with Crippen molar-refractivity contribution in [2.45, 2.75) is 98.6 Å². The van der Waals surface area contributed by atoms with Gasteiger partial charge >= 0.3 is 17.9 Å². The van der Waals surface area contributed by atoms with E-state index in [2.05, 4.69) is 24.5 Å². The van der Waals surface area contributed by atoms with Crippen LogP contribution in [0.3, 0.4) is 0 Å². The number of hydrogen-bond acceptors (Lipinski definition) is 12. The molecule has 1 amide bonds. The van der Waals surface area contributed by atoms with Crippen LogP contribution in [-0.2, 0) is 44.7 Å². The van der Waals surface area contributed by atoms with E-state index in [1.165, 1.54) is 20.8 Å². The number of nitrogens with one attached hydrogen (secondary N) is 2. The molecule has 0 radical (unpaired) electrons. The number of carbonyl (C=O) groups excluding carboxylic acids is 4. The molecule has 3 aromatic rings. The molecule has 2 aliphatic heterocycles. The maximum absolute atomic E-state index is 13.5.